The molecular formula is C12H19N3O2S. The number of likely N-dealkylation sites (tertiary alicyclic amines) is 1. The summed E-state index contributed by atoms with van der Waals surface area (Å²) in [6.07, 6.45) is 3.49. The van der Waals surface area contributed by atoms with Crippen LogP contribution in [0, 0.1) is 5.41 Å². The first-order valence-electron chi connectivity index (χ1n) is 6.48. The first kappa shape index (κ1) is 13.4. The van der Waals surface area contributed by atoms with E-state index in [4.69, 9.17) is 12.2 Å². The van der Waals surface area contributed by atoms with Gasteiger partial charge in [-0.3, -0.25) is 9.59 Å². The van der Waals surface area contributed by atoms with Gasteiger partial charge in [0.05, 0.1) is 0 Å². The molecule has 0 bridgehead atoms. The lowest BCUT2D eigenvalue weighted by atomic mass is 9.75. The molecule has 2 N–H and O–H groups in total. The van der Waals surface area contributed by atoms with Gasteiger partial charge in [0.25, 0.3) is 0 Å². The Kier molecular flexibility index (Phi) is 3.97. The molecule has 0 aliphatic carbocycles. The number of unbranched alkanes of at least 4 members (excludes halogenated alkanes) is 1. The zero-order valence-electron chi connectivity index (χ0n) is 10.6. The van der Waals surface area contributed by atoms with E-state index in [2.05, 4.69) is 22.5 Å². The maximum Gasteiger partial charge on any atom is 0.241 e. The molecule has 6 heteroatoms. The summed E-state index contributed by atoms with van der Waals surface area (Å²) >= 11 is 4.82. The normalized spacial score (nSPS) is 23.9. The first-order valence-corrected chi connectivity index (χ1v) is 6.88. The molecule has 2 saturated heterocycles. The van der Waals surface area contributed by atoms with Gasteiger partial charge >= 0.3 is 0 Å². The Morgan fingerprint density at radius 2 is 1.78 bits per heavy atom. The maximum absolute atomic E-state index is 12.0. The fourth-order valence-electron chi connectivity index (χ4n) is 2.57. The lowest BCUT2D eigenvalue weighted by Crippen LogP contribution is -2.64. The van der Waals surface area contributed by atoms with Crippen LogP contribution < -0.4 is 10.6 Å². The average molecular weight is 269 g/mol. The molecule has 2 aliphatic heterocycles. The second kappa shape index (κ2) is 5.32. The molecule has 0 aromatic rings. The molecule has 0 aromatic carbocycles. The van der Waals surface area contributed by atoms with Gasteiger partial charge in [-0.1, -0.05) is 13.3 Å². The predicted octanol–water partition coefficient (Wildman–Crippen LogP) is 0.400. The van der Waals surface area contributed by atoms with Crippen LogP contribution in [0.4, 0.5) is 0 Å². The van der Waals surface area contributed by atoms with Crippen LogP contribution in [0.3, 0.4) is 0 Å². The van der Waals surface area contributed by atoms with Crippen LogP contribution in [0.2, 0.25) is 0 Å². The number of carbonyl (C=O) groups excluding carboxylic acids is 2. The molecule has 2 fully saturated rings. The van der Waals surface area contributed by atoms with Gasteiger partial charge in [0, 0.05) is 0 Å². The van der Waals surface area contributed by atoms with Crippen LogP contribution in [0.1, 0.15) is 32.6 Å². The van der Waals surface area contributed by atoms with E-state index >= 15 is 0 Å². The SMILES string of the molecule is CCCCN1CCC2(CC1)C(=O)NC(=S)NC2=O. The molecular weight excluding hydrogens is 250 g/mol. The van der Waals surface area contributed by atoms with Crippen molar-refractivity contribution in [3.05, 3.63) is 0 Å². The number of rotatable bonds is 3. The summed E-state index contributed by atoms with van der Waals surface area (Å²) < 4.78 is 0. The smallest absolute Gasteiger partial charge is 0.241 e. The van der Waals surface area contributed by atoms with Crippen molar-refractivity contribution in [2.24, 2.45) is 5.41 Å². The van der Waals surface area contributed by atoms with E-state index in [0.717, 1.165) is 32.5 Å². The Morgan fingerprint density at radius 1 is 1.22 bits per heavy atom. The fraction of sp³-hybridized carbons (Fsp3) is 0.750. The number of hydrogen-bond donors (Lipinski definition) is 2. The van der Waals surface area contributed by atoms with E-state index in [1.54, 1.807) is 0 Å². The summed E-state index contributed by atoms with van der Waals surface area (Å²) in [6.45, 7) is 4.81. The van der Waals surface area contributed by atoms with E-state index < -0.39 is 5.41 Å². The largest absolute Gasteiger partial charge is 0.303 e. The van der Waals surface area contributed by atoms with Gasteiger partial charge in [-0.25, -0.2) is 0 Å². The Balaban J connectivity index is 2.00. The van der Waals surface area contributed by atoms with E-state index in [1.807, 2.05) is 0 Å². The molecule has 2 rings (SSSR count). The lowest BCUT2D eigenvalue weighted by molar-refractivity contribution is -0.147. The van der Waals surface area contributed by atoms with Crippen LogP contribution in [0.25, 0.3) is 0 Å². The first-order chi connectivity index (χ1) is 8.58. The number of nitrogens with zero attached hydrogens (tertiary/aromatic N) is 1. The Labute approximate surface area is 112 Å². The summed E-state index contributed by atoms with van der Waals surface area (Å²) in [5.74, 6) is -0.460. The third kappa shape index (κ3) is 2.40. The van der Waals surface area contributed by atoms with Gasteiger partial charge in [0.1, 0.15) is 5.41 Å². The molecule has 5 nitrogen and oxygen atoms in total. The molecule has 1 spiro atoms. The Bertz CT molecular complexity index is 354. The molecule has 0 saturated carbocycles. The second-order valence-corrected chi connectivity index (χ2v) is 5.42. The topological polar surface area (TPSA) is 61.4 Å². The zero-order valence-corrected chi connectivity index (χ0v) is 11.4. The van der Waals surface area contributed by atoms with Gasteiger partial charge in [-0.05, 0) is 51.1 Å². The van der Waals surface area contributed by atoms with Gasteiger partial charge in [-0.2, -0.15) is 0 Å². The van der Waals surface area contributed by atoms with Gasteiger partial charge in [0.15, 0.2) is 5.11 Å². The quantitative estimate of drug-likeness (QED) is 0.575. The number of amides is 2. The average Bonchev–Trinajstić information content (AvgIpc) is 2.35. The van der Waals surface area contributed by atoms with Crippen LogP contribution in [-0.2, 0) is 9.59 Å². The van der Waals surface area contributed by atoms with Crippen molar-refractivity contribution in [3.8, 4) is 0 Å². The highest BCUT2D eigenvalue weighted by atomic mass is 32.1. The molecule has 100 valence electrons. The summed E-state index contributed by atoms with van der Waals surface area (Å²) in [5.41, 5.74) is -0.898. The lowest BCUT2D eigenvalue weighted by Gasteiger charge is -2.41. The summed E-state index contributed by atoms with van der Waals surface area (Å²) in [4.78, 5) is 26.4. The Morgan fingerprint density at radius 3 is 2.28 bits per heavy atom. The van der Waals surface area contributed by atoms with Crippen molar-refractivity contribution in [2.75, 3.05) is 19.6 Å². The highest BCUT2D eigenvalue weighted by Gasteiger charge is 2.50. The van der Waals surface area contributed by atoms with Crippen molar-refractivity contribution >= 4 is 29.1 Å². The monoisotopic (exact) mass is 269 g/mol. The predicted molar refractivity (Wildman–Crippen MR) is 71.9 cm³/mol. The number of piperidine rings is 1. The highest BCUT2D eigenvalue weighted by Crippen LogP contribution is 2.33. The van der Waals surface area contributed by atoms with Gasteiger partial charge in [0.2, 0.25) is 11.8 Å². The summed E-state index contributed by atoms with van der Waals surface area (Å²) in [6, 6.07) is 0. The minimum absolute atomic E-state index is 0.129. The van der Waals surface area contributed by atoms with Crippen molar-refractivity contribution in [3.63, 3.8) is 0 Å². The van der Waals surface area contributed by atoms with E-state index in [0.29, 0.717) is 12.8 Å². The third-order valence-electron chi connectivity index (χ3n) is 3.86. The Hall–Kier alpha value is -1.01. The highest BCUT2D eigenvalue weighted by molar-refractivity contribution is 7.80. The number of carbonyl (C=O) groups is 2. The van der Waals surface area contributed by atoms with Crippen molar-refractivity contribution in [1.29, 1.82) is 0 Å². The van der Waals surface area contributed by atoms with E-state index in [1.165, 1.54) is 0 Å². The summed E-state index contributed by atoms with van der Waals surface area (Å²) in [5, 5.41) is 5.27. The minimum Gasteiger partial charge on any atom is -0.303 e. The van der Waals surface area contributed by atoms with Gasteiger partial charge in [-0.15, -0.1) is 0 Å². The van der Waals surface area contributed by atoms with Crippen LogP contribution in [0.5, 0.6) is 0 Å². The molecule has 2 amide bonds. The van der Waals surface area contributed by atoms with Crippen LogP contribution in [0.15, 0.2) is 0 Å². The molecule has 2 aliphatic rings. The standard InChI is InChI=1S/C12H19N3O2S/c1-2-3-6-15-7-4-12(5-8-15)9(16)13-11(18)14-10(12)17/h2-8H2,1H3,(H2,13,14,16,17,18). The van der Waals surface area contributed by atoms with Crippen molar-refractivity contribution < 1.29 is 9.59 Å². The summed E-state index contributed by atoms with van der Waals surface area (Å²) in [7, 11) is 0. The minimum atomic E-state index is -0.898. The molecule has 0 aromatic heterocycles. The van der Waals surface area contributed by atoms with E-state index in [9.17, 15) is 9.59 Å². The van der Waals surface area contributed by atoms with Crippen molar-refractivity contribution in [2.45, 2.75) is 32.6 Å². The number of hydrogen-bond acceptors (Lipinski definition) is 4. The number of nitrogens with one attached hydrogen (secondary N) is 2. The van der Waals surface area contributed by atoms with Crippen molar-refractivity contribution in [1.82, 2.24) is 15.5 Å². The molecule has 18 heavy (non-hydrogen) atoms. The number of thiocarbonyl (C=S) groups is 1. The van der Waals surface area contributed by atoms with Crippen LogP contribution >= 0.6 is 12.2 Å². The third-order valence-corrected chi connectivity index (χ3v) is 4.07. The fourth-order valence-corrected chi connectivity index (χ4v) is 2.76. The van der Waals surface area contributed by atoms with E-state index in [-0.39, 0.29) is 16.9 Å². The molecule has 0 atom stereocenters. The van der Waals surface area contributed by atoms with Gasteiger partial charge < -0.3 is 15.5 Å². The second-order valence-electron chi connectivity index (χ2n) is 5.01. The maximum atomic E-state index is 12.0. The zero-order chi connectivity index (χ0) is 13.2. The molecule has 2 heterocycles. The molecule has 0 unspecified atom stereocenters. The molecule has 0 radical (unpaired) electrons. The van der Waals surface area contributed by atoms with Crippen LogP contribution in [-0.4, -0.2) is 41.5 Å².